The number of ether oxygens (including phenoxy) is 1. The third kappa shape index (κ3) is 2.89. The van der Waals surface area contributed by atoms with Gasteiger partial charge in [-0.05, 0) is 19.8 Å². The lowest BCUT2D eigenvalue weighted by molar-refractivity contribution is 0.250. The minimum Gasteiger partial charge on any atom is -0.491 e. The third-order valence-corrected chi connectivity index (χ3v) is 1.83. The molecule has 0 aromatic carbocycles. The van der Waals surface area contributed by atoms with E-state index in [1.54, 1.807) is 0 Å². The number of nitrogens with one attached hydrogen (secondary N) is 1. The summed E-state index contributed by atoms with van der Waals surface area (Å²) in [6.07, 6.45) is 2.44. The van der Waals surface area contributed by atoms with Crippen LogP contribution in [0.4, 0.5) is 0 Å². The van der Waals surface area contributed by atoms with Gasteiger partial charge in [-0.3, -0.25) is 0 Å². The molecule has 0 radical (unpaired) electrons. The average molecular weight is 171 g/mol. The molecule has 0 unspecified atom stereocenters. The number of hydrogen-bond donors (Lipinski definition) is 1. The molecular formula is C8H13NOS. The highest BCUT2D eigenvalue weighted by molar-refractivity contribution is 7.80. The maximum Gasteiger partial charge on any atom is 0.146 e. The highest BCUT2D eigenvalue weighted by atomic mass is 32.1. The van der Waals surface area contributed by atoms with E-state index in [1.165, 1.54) is 12.8 Å². The summed E-state index contributed by atoms with van der Waals surface area (Å²) in [6.45, 7) is 6.25. The molecule has 0 heterocycles. The van der Waals surface area contributed by atoms with E-state index in [-0.39, 0.29) is 0 Å². The van der Waals surface area contributed by atoms with Gasteiger partial charge in [0.25, 0.3) is 0 Å². The van der Waals surface area contributed by atoms with E-state index in [2.05, 4.69) is 11.9 Å². The van der Waals surface area contributed by atoms with Crippen LogP contribution in [-0.4, -0.2) is 17.6 Å². The molecule has 0 aliphatic heterocycles. The zero-order chi connectivity index (χ0) is 8.27. The second-order valence-electron chi connectivity index (χ2n) is 2.60. The highest BCUT2D eigenvalue weighted by Gasteiger charge is 2.22. The lowest BCUT2D eigenvalue weighted by Gasteiger charge is -2.09. The maximum atomic E-state index is 5.13. The van der Waals surface area contributed by atoms with Gasteiger partial charge in [-0.15, -0.1) is 0 Å². The summed E-state index contributed by atoms with van der Waals surface area (Å²) in [5.41, 5.74) is 0. The smallest absolute Gasteiger partial charge is 0.146 e. The van der Waals surface area contributed by atoms with Gasteiger partial charge < -0.3 is 10.1 Å². The van der Waals surface area contributed by atoms with Crippen molar-refractivity contribution < 1.29 is 4.74 Å². The molecule has 1 aliphatic carbocycles. The summed E-state index contributed by atoms with van der Waals surface area (Å²) in [4.78, 5) is 0.661. The first-order chi connectivity index (χ1) is 5.24. The van der Waals surface area contributed by atoms with E-state index in [0.717, 1.165) is 0 Å². The molecule has 1 N–H and O–H groups in total. The molecule has 62 valence electrons. The first kappa shape index (κ1) is 8.53. The fourth-order valence-corrected chi connectivity index (χ4v) is 0.959. The average Bonchev–Trinajstić information content (AvgIpc) is 2.72. The predicted octanol–water partition coefficient (Wildman–Crippen LogP) is 1.62. The van der Waals surface area contributed by atoms with Crippen molar-refractivity contribution in [3.8, 4) is 0 Å². The number of rotatable bonds is 4. The van der Waals surface area contributed by atoms with E-state index in [0.29, 0.717) is 23.4 Å². The topological polar surface area (TPSA) is 21.3 Å². The fourth-order valence-electron chi connectivity index (χ4n) is 0.733. The Balaban J connectivity index is 2.21. The van der Waals surface area contributed by atoms with Crippen molar-refractivity contribution in [2.45, 2.75) is 25.8 Å². The monoisotopic (exact) mass is 171 g/mol. The molecule has 0 spiro atoms. The van der Waals surface area contributed by atoms with Crippen LogP contribution in [0.15, 0.2) is 12.3 Å². The van der Waals surface area contributed by atoms with Gasteiger partial charge in [0.2, 0.25) is 0 Å². The Kier molecular flexibility index (Phi) is 2.88. The SMILES string of the molecule is C=C(OCC)C(=S)NC1CC1. The zero-order valence-electron chi connectivity index (χ0n) is 6.72. The van der Waals surface area contributed by atoms with Crippen LogP contribution in [0.1, 0.15) is 19.8 Å². The van der Waals surface area contributed by atoms with Crippen molar-refractivity contribution >= 4 is 17.2 Å². The van der Waals surface area contributed by atoms with Crippen molar-refractivity contribution in [3.63, 3.8) is 0 Å². The van der Waals surface area contributed by atoms with Gasteiger partial charge in [0, 0.05) is 6.04 Å². The third-order valence-electron chi connectivity index (χ3n) is 1.48. The summed E-state index contributed by atoms with van der Waals surface area (Å²) in [5, 5.41) is 3.15. The van der Waals surface area contributed by atoms with E-state index in [4.69, 9.17) is 17.0 Å². The van der Waals surface area contributed by atoms with Crippen molar-refractivity contribution in [1.82, 2.24) is 5.32 Å². The second kappa shape index (κ2) is 3.72. The lowest BCUT2D eigenvalue weighted by atomic mass is 10.5. The van der Waals surface area contributed by atoms with Gasteiger partial charge in [0.1, 0.15) is 10.7 Å². The quantitative estimate of drug-likeness (QED) is 0.394. The van der Waals surface area contributed by atoms with E-state index < -0.39 is 0 Å². The van der Waals surface area contributed by atoms with Crippen molar-refractivity contribution in [2.24, 2.45) is 0 Å². The zero-order valence-corrected chi connectivity index (χ0v) is 7.54. The minimum absolute atomic E-state index is 0.583. The lowest BCUT2D eigenvalue weighted by Crippen LogP contribution is -2.25. The Hall–Kier alpha value is -0.570. The molecule has 0 aromatic rings. The van der Waals surface area contributed by atoms with Gasteiger partial charge in [0.15, 0.2) is 0 Å². The Morgan fingerprint density at radius 2 is 2.36 bits per heavy atom. The molecule has 11 heavy (non-hydrogen) atoms. The van der Waals surface area contributed by atoms with Crippen LogP contribution in [0, 0.1) is 0 Å². The van der Waals surface area contributed by atoms with Crippen molar-refractivity contribution in [3.05, 3.63) is 12.3 Å². The molecule has 1 saturated carbocycles. The van der Waals surface area contributed by atoms with Crippen LogP contribution in [0.2, 0.25) is 0 Å². The van der Waals surface area contributed by atoms with E-state index in [9.17, 15) is 0 Å². The molecule has 2 nitrogen and oxygen atoms in total. The van der Waals surface area contributed by atoms with Gasteiger partial charge in [-0.25, -0.2) is 0 Å². The predicted molar refractivity (Wildman–Crippen MR) is 49.5 cm³/mol. The molecule has 0 bridgehead atoms. The summed E-state index contributed by atoms with van der Waals surface area (Å²) in [5.74, 6) is 0.592. The number of thiocarbonyl (C=S) groups is 1. The van der Waals surface area contributed by atoms with Gasteiger partial charge in [-0.1, -0.05) is 18.8 Å². The molecular weight excluding hydrogens is 158 g/mol. The second-order valence-corrected chi connectivity index (χ2v) is 3.01. The first-order valence-electron chi connectivity index (χ1n) is 3.86. The fraction of sp³-hybridized carbons (Fsp3) is 0.625. The summed E-state index contributed by atoms with van der Waals surface area (Å²) in [7, 11) is 0. The van der Waals surface area contributed by atoms with Crippen molar-refractivity contribution in [2.75, 3.05) is 6.61 Å². The Bertz CT molecular complexity index is 175. The van der Waals surface area contributed by atoms with Gasteiger partial charge in [0.05, 0.1) is 6.61 Å². The molecule has 1 rings (SSSR count). The van der Waals surface area contributed by atoms with Crippen LogP contribution in [0.3, 0.4) is 0 Å². The maximum absolute atomic E-state index is 5.13. The number of hydrogen-bond acceptors (Lipinski definition) is 2. The summed E-state index contributed by atoms with van der Waals surface area (Å²) < 4.78 is 5.13. The highest BCUT2D eigenvalue weighted by Crippen LogP contribution is 2.19. The standard InChI is InChI=1S/C8H13NOS/c1-3-10-6(2)8(11)9-7-4-5-7/h7H,2-5H2,1H3,(H,9,11). The van der Waals surface area contributed by atoms with Crippen LogP contribution in [-0.2, 0) is 4.74 Å². The van der Waals surface area contributed by atoms with Gasteiger partial charge >= 0.3 is 0 Å². The van der Waals surface area contributed by atoms with E-state index >= 15 is 0 Å². The minimum atomic E-state index is 0.583. The van der Waals surface area contributed by atoms with Gasteiger partial charge in [-0.2, -0.15) is 0 Å². The summed E-state index contributed by atoms with van der Waals surface area (Å²) in [6, 6.07) is 0.583. The van der Waals surface area contributed by atoms with Crippen LogP contribution < -0.4 is 5.32 Å². The molecule has 0 aromatic heterocycles. The van der Waals surface area contributed by atoms with Crippen LogP contribution in [0.25, 0.3) is 0 Å². The molecule has 0 saturated heterocycles. The Morgan fingerprint density at radius 3 is 2.82 bits per heavy atom. The molecule has 0 amide bonds. The molecule has 1 fully saturated rings. The molecule has 1 aliphatic rings. The van der Waals surface area contributed by atoms with Crippen molar-refractivity contribution in [1.29, 1.82) is 0 Å². The summed E-state index contributed by atoms with van der Waals surface area (Å²) >= 11 is 5.02. The van der Waals surface area contributed by atoms with Crippen LogP contribution in [0.5, 0.6) is 0 Å². The first-order valence-corrected chi connectivity index (χ1v) is 4.27. The Morgan fingerprint density at radius 1 is 1.73 bits per heavy atom. The largest absolute Gasteiger partial charge is 0.491 e. The van der Waals surface area contributed by atoms with Crippen LogP contribution >= 0.6 is 12.2 Å². The normalized spacial score (nSPS) is 15.7. The van der Waals surface area contributed by atoms with E-state index in [1.807, 2.05) is 6.92 Å². The molecule has 0 atom stereocenters. The Labute approximate surface area is 72.6 Å². The molecule has 3 heteroatoms.